The second kappa shape index (κ2) is 5.66. The molecule has 0 bridgehead atoms. The molecule has 2 N–H and O–H groups in total. The molecule has 98 valence electrons. The fraction of sp³-hybridized carbons (Fsp3) is 0.562. The van der Waals surface area contributed by atoms with Gasteiger partial charge in [-0.2, -0.15) is 0 Å². The van der Waals surface area contributed by atoms with E-state index in [2.05, 4.69) is 13.0 Å². The topological polar surface area (TPSA) is 43.1 Å². The number of nitrogens with two attached hydrogens (primary N) is 1. The van der Waals surface area contributed by atoms with E-state index in [1.807, 2.05) is 19.1 Å². The Morgan fingerprint density at radius 2 is 1.89 bits per heavy atom. The molecular formula is C16H23NO. The third-order valence-corrected chi connectivity index (χ3v) is 4.20. The summed E-state index contributed by atoms with van der Waals surface area (Å²) < 4.78 is 0. The summed E-state index contributed by atoms with van der Waals surface area (Å²) in [6.45, 7) is 4.87. The maximum Gasteiger partial charge on any atom is 0.166 e. The van der Waals surface area contributed by atoms with Crippen molar-refractivity contribution in [1.82, 2.24) is 0 Å². The normalized spacial score (nSPS) is 23.9. The summed E-state index contributed by atoms with van der Waals surface area (Å²) in [6.07, 6.45) is 4.23. The molecule has 1 saturated carbocycles. The highest BCUT2D eigenvalue weighted by atomic mass is 16.1. The van der Waals surface area contributed by atoms with Crippen molar-refractivity contribution in [2.75, 3.05) is 6.54 Å². The lowest BCUT2D eigenvalue weighted by atomic mass is 9.78. The van der Waals surface area contributed by atoms with Crippen LogP contribution in [0.5, 0.6) is 0 Å². The number of carbonyl (C=O) groups excluding carboxylic acids is 1. The Balaban J connectivity index is 2.08. The summed E-state index contributed by atoms with van der Waals surface area (Å²) in [7, 11) is 0. The van der Waals surface area contributed by atoms with Crippen LogP contribution in [0, 0.1) is 25.7 Å². The molecule has 0 unspecified atom stereocenters. The number of rotatable bonds is 3. The van der Waals surface area contributed by atoms with Gasteiger partial charge in [0.25, 0.3) is 0 Å². The van der Waals surface area contributed by atoms with Crippen molar-refractivity contribution in [1.29, 1.82) is 0 Å². The minimum absolute atomic E-state index is 0.217. The molecule has 0 aromatic heterocycles. The van der Waals surface area contributed by atoms with E-state index in [0.29, 0.717) is 11.7 Å². The van der Waals surface area contributed by atoms with Crippen LogP contribution in [0.4, 0.5) is 0 Å². The molecule has 1 aliphatic rings. The monoisotopic (exact) mass is 245 g/mol. The molecule has 2 rings (SSSR count). The first kappa shape index (κ1) is 13.3. The van der Waals surface area contributed by atoms with Crippen LogP contribution in [-0.4, -0.2) is 12.3 Å². The van der Waals surface area contributed by atoms with Gasteiger partial charge in [-0.3, -0.25) is 4.79 Å². The highest BCUT2D eigenvalue weighted by Crippen LogP contribution is 2.31. The van der Waals surface area contributed by atoms with Crippen LogP contribution in [0.1, 0.15) is 47.2 Å². The smallest absolute Gasteiger partial charge is 0.166 e. The van der Waals surface area contributed by atoms with Gasteiger partial charge in [-0.1, -0.05) is 23.8 Å². The van der Waals surface area contributed by atoms with E-state index < -0.39 is 0 Å². The minimum Gasteiger partial charge on any atom is -0.330 e. The lowest BCUT2D eigenvalue weighted by Crippen LogP contribution is -2.26. The van der Waals surface area contributed by atoms with E-state index in [-0.39, 0.29) is 5.92 Å². The van der Waals surface area contributed by atoms with Crippen LogP contribution < -0.4 is 5.73 Å². The largest absolute Gasteiger partial charge is 0.330 e. The van der Waals surface area contributed by atoms with E-state index in [1.54, 1.807) is 0 Å². The minimum atomic E-state index is 0.217. The molecule has 0 heterocycles. The van der Waals surface area contributed by atoms with Gasteiger partial charge >= 0.3 is 0 Å². The summed E-state index contributed by atoms with van der Waals surface area (Å²) in [5.74, 6) is 1.19. The third-order valence-electron chi connectivity index (χ3n) is 4.20. The molecule has 2 nitrogen and oxygen atoms in total. The summed E-state index contributed by atoms with van der Waals surface area (Å²) >= 11 is 0. The van der Waals surface area contributed by atoms with Gasteiger partial charge in [-0.15, -0.1) is 0 Å². The first-order valence-corrected chi connectivity index (χ1v) is 6.93. The zero-order chi connectivity index (χ0) is 13.1. The van der Waals surface area contributed by atoms with Gasteiger partial charge in [0.05, 0.1) is 0 Å². The fourth-order valence-corrected chi connectivity index (χ4v) is 2.97. The number of hydrogen-bond acceptors (Lipinski definition) is 2. The van der Waals surface area contributed by atoms with Crippen molar-refractivity contribution >= 4 is 5.78 Å². The lowest BCUT2D eigenvalue weighted by molar-refractivity contribution is 0.0873. The quantitative estimate of drug-likeness (QED) is 0.831. The van der Waals surface area contributed by atoms with Crippen molar-refractivity contribution in [3.05, 3.63) is 34.9 Å². The van der Waals surface area contributed by atoms with Crippen LogP contribution in [0.15, 0.2) is 18.2 Å². The van der Waals surface area contributed by atoms with Gasteiger partial charge in [0.15, 0.2) is 5.78 Å². The van der Waals surface area contributed by atoms with E-state index >= 15 is 0 Å². The Labute approximate surface area is 110 Å². The first-order valence-electron chi connectivity index (χ1n) is 6.93. The molecule has 1 aromatic carbocycles. The maximum atomic E-state index is 12.5. The lowest BCUT2D eigenvalue weighted by Gasteiger charge is -2.27. The standard InChI is InChI=1S/C16H23NO/c1-11-3-8-15(12(2)9-11)16(18)14-6-4-13(10-17)5-7-14/h3,8-9,13-14H,4-7,10,17H2,1-2H3. The van der Waals surface area contributed by atoms with Crippen LogP contribution >= 0.6 is 0 Å². The van der Waals surface area contributed by atoms with E-state index in [0.717, 1.165) is 43.4 Å². The van der Waals surface area contributed by atoms with Crippen LogP contribution in [0.2, 0.25) is 0 Å². The molecule has 2 heteroatoms. The Morgan fingerprint density at radius 3 is 2.44 bits per heavy atom. The zero-order valence-electron chi connectivity index (χ0n) is 11.4. The van der Waals surface area contributed by atoms with Gasteiger partial charge in [-0.25, -0.2) is 0 Å². The molecule has 1 fully saturated rings. The van der Waals surface area contributed by atoms with E-state index in [1.165, 1.54) is 5.56 Å². The number of benzene rings is 1. The molecule has 0 saturated heterocycles. The Kier molecular flexibility index (Phi) is 4.18. The second-order valence-electron chi connectivity index (χ2n) is 5.64. The van der Waals surface area contributed by atoms with Crippen molar-refractivity contribution < 1.29 is 4.79 Å². The number of carbonyl (C=O) groups is 1. The van der Waals surface area contributed by atoms with Gasteiger partial charge < -0.3 is 5.73 Å². The Hall–Kier alpha value is -1.15. The van der Waals surface area contributed by atoms with E-state index in [4.69, 9.17) is 5.73 Å². The fourth-order valence-electron chi connectivity index (χ4n) is 2.97. The highest BCUT2D eigenvalue weighted by molar-refractivity contribution is 5.99. The SMILES string of the molecule is Cc1ccc(C(=O)C2CCC(CN)CC2)c(C)c1. The average molecular weight is 245 g/mol. The molecule has 1 aliphatic carbocycles. The number of aryl methyl sites for hydroxylation is 2. The Morgan fingerprint density at radius 1 is 1.22 bits per heavy atom. The van der Waals surface area contributed by atoms with Gasteiger partial charge in [0, 0.05) is 11.5 Å². The van der Waals surface area contributed by atoms with E-state index in [9.17, 15) is 4.79 Å². The van der Waals surface area contributed by atoms with Crippen molar-refractivity contribution in [3.63, 3.8) is 0 Å². The molecule has 0 aliphatic heterocycles. The zero-order valence-corrected chi connectivity index (χ0v) is 11.4. The third kappa shape index (κ3) is 2.81. The van der Waals surface area contributed by atoms with Crippen molar-refractivity contribution in [2.24, 2.45) is 17.6 Å². The number of ketones is 1. The summed E-state index contributed by atoms with van der Waals surface area (Å²) in [6, 6.07) is 6.12. The van der Waals surface area contributed by atoms with Gasteiger partial charge in [0.1, 0.15) is 0 Å². The van der Waals surface area contributed by atoms with Crippen LogP contribution in [0.3, 0.4) is 0 Å². The second-order valence-corrected chi connectivity index (χ2v) is 5.64. The van der Waals surface area contributed by atoms with Crippen molar-refractivity contribution in [2.45, 2.75) is 39.5 Å². The first-order chi connectivity index (χ1) is 8.61. The molecular weight excluding hydrogens is 222 g/mol. The number of hydrogen-bond donors (Lipinski definition) is 1. The summed E-state index contributed by atoms with van der Waals surface area (Å²) in [5, 5.41) is 0. The number of Topliss-reactive ketones (excluding diaryl/α,β-unsaturated/α-hetero) is 1. The average Bonchev–Trinajstić information content (AvgIpc) is 2.38. The molecule has 18 heavy (non-hydrogen) atoms. The predicted molar refractivity (Wildman–Crippen MR) is 74.7 cm³/mol. The van der Waals surface area contributed by atoms with Crippen LogP contribution in [-0.2, 0) is 0 Å². The Bertz CT molecular complexity index is 431. The molecule has 0 amide bonds. The van der Waals surface area contributed by atoms with Crippen LogP contribution in [0.25, 0.3) is 0 Å². The predicted octanol–water partition coefficient (Wildman–Crippen LogP) is 3.25. The molecule has 0 atom stereocenters. The highest BCUT2D eigenvalue weighted by Gasteiger charge is 2.26. The molecule has 0 radical (unpaired) electrons. The van der Waals surface area contributed by atoms with Crippen molar-refractivity contribution in [3.8, 4) is 0 Å². The summed E-state index contributed by atoms with van der Waals surface area (Å²) in [4.78, 5) is 12.5. The molecule has 1 aromatic rings. The van der Waals surface area contributed by atoms with Gasteiger partial charge in [-0.05, 0) is 57.6 Å². The summed E-state index contributed by atoms with van der Waals surface area (Å²) in [5.41, 5.74) is 8.94. The maximum absolute atomic E-state index is 12.5. The van der Waals surface area contributed by atoms with Gasteiger partial charge in [0.2, 0.25) is 0 Å². The molecule has 0 spiro atoms.